The predicted octanol–water partition coefficient (Wildman–Crippen LogP) is 3.99. The predicted molar refractivity (Wildman–Crippen MR) is 87.7 cm³/mol. The van der Waals surface area contributed by atoms with Crippen LogP contribution in [0.5, 0.6) is 0 Å². The molecule has 0 saturated heterocycles. The van der Waals surface area contributed by atoms with Gasteiger partial charge in [-0.05, 0) is 48.8 Å². The lowest BCUT2D eigenvalue weighted by Crippen LogP contribution is -2.39. The Balaban J connectivity index is 1.38. The molecule has 2 aliphatic carbocycles. The largest absolute Gasteiger partial charge is 0.352 e. The number of nitrogens with one attached hydrogen (secondary N) is 1. The molecule has 2 nitrogen and oxygen atoms in total. The second-order valence-electron chi connectivity index (χ2n) is 5.97. The second kappa shape index (κ2) is 6.52. The fraction of sp³-hybridized carbons (Fsp3) is 0.562. The monoisotopic (exact) mass is 353 g/mol. The molecule has 2 saturated carbocycles. The molecule has 0 unspecified atom stereocenters. The Bertz CT molecular complexity index is 476. The molecule has 3 rings (SSSR count). The number of hydrogen-bond acceptors (Lipinski definition) is 2. The maximum atomic E-state index is 12.0. The van der Waals surface area contributed by atoms with Gasteiger partial charge in [0, 0.05) is 16.3 Å². The Morgan fingerprint density at radius 3 is 2.70 bits per heavy atom. The van der Waals surface area contributed by atoms with Gasteiger partial charge in [0.05, 0.1) is 5.75 Å². The summed E-state index contributed by atoms with van der Waals surface area (Å²) in [6.07, 6.45) is 5.27. The zero-order chi connectivity index (χ0) is 13.9. The number of benzene rings is 1. The number of hydrogen-bond donors (Lipinski definition) is 1. The van der Waals surface area contributed by atoms with Crippen molar-refractivity contribution in [3.05, 3.63) is 34.3 Å². The third kappa shape index (κ3) is 3.59. The molecule has 108 valence electrons. The molecule has 2 fully saturated rings. The summed E-state index contributed by atoms with van der Waals surface area (Å²) in [6, 6.07) is 8.77. The van der Waals surface area contributed by atoms with E-state index >= 15 is 0 Å². The van der Waals surface area contributed by atoms with Gasteiger partial charge in [0.1, 0.15) is 0 Å². The Morgan fingerprint density at radius 1 is 1.25 bits per heavy atom. The van der Waals surface area contributed by atoms with Crippen LogP contribution in [0.1, 0.15) is 31.2 Å². The summed E-state index contributed by atoms with van der Waals surface area (Å²) in [4.78, 5) is 12.0. The highest BCUT2D eigenvalue weighted by Crippen LogP contribution is 2.44. The van der Waals surface area contributed by atoms with Gasteiger partial charge in [-0.15, -0.1) is 11.8 Å². The van der Waals surface area contributed by atoms with Crippen LogP contribution >= 0.6 is 27.7 Å². The van der Waals surface area contributed by atoms with E-state index in [0.29, 0.717) is 11.8 Å². The Hall–Kier alpha value is -0.480. The molecule has 1 N–H and O–H groups in total. The molecule has 1 amide bonds. The quantitative estimate of drug-likeness (QED) is 0.866. The van der Waals surface area contributed by atoms with Gasteiger partial charge in [-0.1, -0.05) is 34.5 Å². The standard InChI is InChI=1S/C16H20BrNOS/c17-14-5-2-11(3-6-14)9-20-10-16(19)18-15-8-12-1-4-13(15)7-12/h2-3,5-6,12-13,15H,1,4,7-10H2,(H,18,19)/t12-,13-,15+/m0/s1. The Labute approximate surface area is 133 Å². The molecule has 20 heavy (non-hydrogen) atoms. The lowest BCUT2D eigenvalue weighted by Gasteiger charge is -2.22. The van der Waals surface area contributed by atoms with Gasteiger partial charge in [0.25, 0.3) is 0 Å². The molecule has 0 spiro atoms. The van der Waals surface area contributed by atoms with E-state index in [0.717, 1.165) is 22.1 Å². The first-order chi connectivity index (χ1) is 9.70. The first kappa shape index (κ1) is 14.5. The maximum Gasteiger partial charge on any atom is 0.230 e. The minimum atomic E-state index is 0.213. The third-order valence-corrected chi connectivity index (χ3v) is 6.03. The van der Waals surface area contributed by atoms with Crippen molar-refractivity contribution in [2.45, 2.75) is 37.5 Å². The van der Waals surface area contributed by atoms with E-state index in [4.69, 9.17) is 0 Å². The van der Waals surface area contributed by atoms with Crippen molar-refractivity contribution < 1.29 is 4.79 Å². The average molecular weight is 354 g/mol. The van der Waals surface area contributed by atoms with E-state index in [2.05, 4.69) is 33.4 Å². The van der Waals surface area contributed by atoms with Crippen LogP contribution in [0.4, 0.5) is 0 Å². The minimum absolute atomic E-state index is 0.213. The van der Waals surface area contributed by atoms with Crippen LogP contribution in [-0.4, -0.2) is 17.7 Å². The molecular formula is C16H20BrNOS. The van der Waals surface area contributed by atoms with Crippen LogP contribution in [0.2, 0.25) is 0 Å². The fourth-order valence-electron chi connectivity index (χ4n) is 3.51. The zero-order valence-electron chi connectivity index (χ0n) is 11.5. The van der Waals surface area contributed by atoms with Crippen molar-refractivity contribution in [1.29, 1.82) is 0 Å². The van der Waals surface area contributed by atoms with E-state index in [1.165, 1.54) is 31.2 Å². The van der Waals surface area contributed by atoms with Crippen LogP contribution in [0.3, 0.4) is 0 Å². The van der Waals surface area contributed by atoms with Crippen molar-refractivity contribution in [2.24, 2.45) is 11.8 Å². The highest BCUT2D eigenvalue weighted by molar-refractivity contribution is 9.10. The molecule has 1 aromatic rings. The van der Waals surface area contributed by atoms with E-state index < -0.39 is 0 Å². The van der Waals surface area contributed by atoms with E-state index in [1.54, 1.807) is 11.8 Å². The summed E-state index contributed by atoms with van der Waals surface area (Å²) < 4.78 is 1.10. The zero-order valence-corrected chi connectivity index (χ0v) is 13.9. The van der Waals surface area contributed by atoms with E-state index in [1.807, 2.05) is 12.1 Å². The lowest BCUT2D eigenvalue weighted by molar-refractivity contribution is -0.119. The van der Waals surface area contributed by atoms with Crippen molar-refractivity contribution >= 4 is 33.6 Å². The number of halogens is 1. The molecular weight excluding hydrogens is 334 g/mol. The first-order valence-corrected chi connectivity index (χ1v) is 9.27. The summed E-state index contributed by atoms with van der Waals surface area (Å²) in [5, 5.41) is 3.24. The first-order valence-electron chi connectivity index (χ1n) is 7.32. The van der Waals surface area contributed by atoms with Crippen molar-refractivity contribution in [1.82, 2.24) is 5.32 Å². The van der Waals surface area contributed by atoms with Crippen LogP contribution in [0.15, 0.2) is 28.7 Å². The number of carbonyl (C=O) groups is 1. The van der Waals surface area contributed by atoms with Gasteiger partial charge < -0.3 is 5.32 Å². The highest BCUT2D eigenvalue weighted by Gasteiger charge is 2.39. The van der Waals surface area contributed by atoms with Crippen LogP contribution in [-0.2, 0) is 10.5 Å². The Kier molecular flexibility index (Phi) is 4.72. The molecule has 2 aliphatic rings. The summed E-state index contributed by atoms with van der Waals surface area (Å²) in [5.74, 6) is 3.34. The highest BCUT2D eigenvalue weighted by atomic mass is 79.9. The molecule has 0 aromatic heterocycles. The van der Waals surface area contributed by atoms with Gasteiger partial charge in [-0.25, -0.2) is 0 Å². The van der Waals surface area contributed by atoms with E-state index in [9.17, 15) is 4.79 Å². The fourth-order valence-corrected chi connectivity index (χ4v) is 4.58. The van der Waals surface area contributed by atoms with Gasteiger partial charge in [0.2, 0.25) is 5.91 Å². The maximum absolute atomic E-state index is 12.0. The number of amides is 1. The molecule has 1 aromatic carbocycles. The SMILES string of the molecule is O=C(CSCc1ccc(Br)cc1)N[C@@H]1C[C@H]2CC[C@H]1C2. The lowest BCUT2D eigenvalue weighted by atomic mass is 9.95. The van der Waals surface area contributed by atoms with E-state index in [-0.39, 0.29) is 5.91 Å². The smallest absolute Gasteiger partial charge is 0.230 e. The summed E-state index contributed by atoms with van der Waals surface area (Å²) >= 11 is 5.13. The number of fused-ring (bicyclic) bond motifs is 2. The number of carbonyl (C=O) groups excluding carboxylic acids is 1. The average Bonchev–Trinajstić information content (AvgIpc) is 3.03. The third-order valence-electron chi connectivity index (χ3n) is 4.50. The molecule has 0 radical (unpaired) electrons. The van der Waals surface area contributed by atoms with Gasteiger partial charge in [-0.2, -0.15) is 0 Å². The summed E-state index contributed by atoms with van der Waals surface area (Å²) in [6.45, 7) is 0. The van der Waals surface area contributed by atoms with Crippen LogP contribution < -0.4 is 5.32 Å². The van der Waals surface area contributed by atoms with Gasteiger partial charge in [0.15, 0.2) is 0 Å². The van der Waals surface area contributed by atoms with Gasteiger partial charge in [-0.3, -0.25) is 4.79 Å². The van der Waals surface area contributed by atoms with Crippen molar-refractivity contribution in [2.75, 3.05) is 5.75 Å². The topological polar surface area (TPSA) is 29.1 Å². The molecule has 4 heteroatoms. The molecule has 0 heterocycles. The summed E-state index contributed by atoms with van der Waals surface area (Å²) in [5.41, 5.74) is 1.27. The molecule has 0 aliphatic heterocycles. The van der Waals surface area contributed by atoms with Crippen molar-refractivity contribution in [3.63, 3.8) is 0 Å². The normalized spacial score (nSPS) is 27.8. The van der Waals surface area contributed by atoms with Crippen LogP contribution in [0.25, 0.3) is 0 Å². The second-order valence-corrected chi connectivity index (χ2v) is 7.87. The Morgan fingerprint density at radius 2 is 2.05 bits per heavy atom. The number of rotatable bonds is 5. The molecule has 3 atom stereocenters. The van der Waals surface area contributed by atoms with Crippen molar-refractivity contribution in [3.8, 4) is 0 Å². The van der Waals surface area contributed by atoms with Gasteiger partial charge >= 0.3 is 0 Å². The number of thioether (sulfide) groups is 1. The minimum Gasteiger partial charge on any atom is -0.352 e. The summed E-state index contributed by atoms with van der Waals surface area (Å²) in [7, 11) is 0. The molecule has 2 bridgehead atoms. The van der Waals surface area contributed by atoms with Crippen LogP contribution in [0, 0.1) is 11.8 Å².